The van der Waals surface area contributed by atoms with Crippen LogP contribution in [0.25, 0.3) is 0 Å². The number of nitrogens with one attached hydrogen (secondary N) is 1. The van der Waals surface area contributed by atoms with Crippen molar-refractivity contribution in [3.8, 4) is 11.5 Å². The molecule has 1 amide bonds. The van der Waals surface area contributed by atoms with Crippen molar-refractivity contribution >= 4 is 21.4 Å². The van der Waals surface area contributed by atoms with Gasteiger partial charge in [0.25, 0.3) is 5.56 Å². The number of amides is 1. The number of methoxy groups -OCH3 is 2. The van der Waals surface area contributed by atoms with Crippen molar-refractivity contribution in [1.82, 2.24) is 4.57 Å². The summed E-state index contributed by atoms with van der Waals surface area (Å²) in [6.45, 7) is 6.58. The van der Waals surface area contributed by atoms with Gasteiger partial charge < -0.3 is 19.4 Å². The van der Waals surface area contributed by atoms with Crippen LogP contribution >= 0.6 is 0 Å². The Morgan fingerprint density at radius 1 is 0.882 bits per heavy atom. The van der Waals surface area contributed by atoms with E-state index in [-0.39, 0.29) is 16.3 Å². The maximum Gasteiger partial charge on any atom is 0.270 e. The van der Waals surface area contributed by atoms with Crippen molar-refractivity contribution in [2.45, 2.75) is 44.0 Å². The highest BCUT2D eigenvalue weighted by Crippen LogP contribution is 2.30. The molecule has 0 aliphatic heterocycles. The summed E-state index contributed by atoms with van der Waals surface area (Å²) in [6.07, 6.45) is 0. The Hall–Kier alpha value is -3.59. The molecule has 0 bridgehead atoms. The maximum atomic E-state index is 13.4. The van der Waals surface area contributed by atoms with Gasteiger partial charge in [-0.25, -0.2) is 8.42 Å². The number of anilines is 1. The predicted molar refractivity (Wildman–Crippen MR) is 130 cm³/mol. The van der Waals surface area contributed by atoms with E-state index in [4.69, 9.17) is 9.47 Å². The zero-order valence-corrected chi connectivity index (χ0v) is 20.9. The number of carbonyl (C=O) groups is 1. The summed E-state index contributed by atoms with van der Waals surface area (Å²) in [5, 5.41) is 2.71. The van der Waals surface area contributed by atoms with Crippen molar-refractivity contribution in [3.05, 3.63) is 75.2 Å². The van der Waals surface area contributed by atoms with Crippen LogP contribution in [0.1, 0.15) is 22.4 Å². The van der Waals surface area contributed by atoms with E-state index in [0.717, 1.165) is 15.7 Å². The van der Waals surface area contributed by atoms with Crippen molar-refractivity contribution in [3.63, 3.8) is 0 Å². The van der Waals surface area contributed by atoms with E-state index < -0.39 is 21.3 Å². The first-order valence-electron chi connectivity index (χ1n) is 10.5. The third-order valence-corrected chi connectivity index (χ3v) is 7.58. The van der Waals surface area contributed by atoms with Crippen LogP contribution in [0.2, 0.25) is 0 Å². The molecule has 2 aromatic carbocycles. The lowest BCUT2D eigenvalue weighted by Gasteiger charge is -2.16. The number of pyridine rings is 1. The molecular formula is C25H28N2O6S. The molecule has 1 aromatic heterocycles. The van der Waals surface area contributed by atoms with Gasteiger partial charge in [-0.15, -0.1) is 0 Å². The standard InChI is InChI=1S/C25H28N2O6S/c1-15-7-9-20(12-16(15)2)34(30,31)24-17(3)11-18(4)27(25(24)29)14-23(28)26-19-8-10-21(32-5)22(13-19)33-6/h7-13H,14H2,1-6H3,(H,26,28). The number of ether oxygens (including phenoxy) is 2. The third-order valence-electron chi connectivity index (χ3n) is 5.68. The molecule has 0 atom stereocenters. The van der Waals surface area contributed by atoms with Gasteiger partial charge in [-0.1, -0.05) is 6.07 Å². The van der Waals surface area contributed by atoms with E-state index in [2.05, 4.69) is 5.32 Å². The smallest absolute Gasteiger partial charge is 0.270 e. The number of sulfone groups is 1. The monoisotopic (exact) mass is 484 g/mol. The minimum absolute atomic E-state index is 0.0426. The molecule has 0 aliphatic rings. The summed E-state index contributed by atoms with van der Waals surface area (Å²) < 4.78 is 38.3. The van der Waals surface area contributed by atoms with Gasteiger partial charge in [0, 0.05) is 17.4 Å². The number of nitrogens with zero attached hydrogens (tertiary/aromatic N) is 1. The number of aryl methyl sites for hydroxylation is 4. The van der Waals surface area contributed by atoms with Crippen LogP contribution in [0.5, 0.6) is 11.5 Å². The third kappa shape index (κ3) is 4.84. The zero-order chi connectivity index (χ0) is 25.2. The SMILES string of the molecule is COc1ccc(NC(=O)Cn2c(C)cc(C)c(S(=O)(=O)c3ccc(C)c(C)c3)c2=O)cc1OC. The van der Waals surface area contributed by atoms with E-state index in [1.807, 2.05) is 13.8 Å². The summed E-state index contributed by atoms with van der Waals surface area (Å²) in [7, 11) is -1.10. The highest BCUT2D eigenvalue weighted by atomic mass is 32.2. The first-order valence-corrected chi connectivity index (χ1v) is 12.0. The van der Waals surface area contributed by atoms with E-state index in [1.165, 1.54) is 20.3 Å². The lowest BCUT2D eigenvalue weighted by Crippen LogP contribution is -2.33. The molecule has 0 saturated carbocycles. The number of hydrogen-bond donors (Lipinski definition) is 1. The Morgan fingerprint density at radius 2 is 1.56 bits per heavy atom. The Bertz CT molecular complexity index is 1420. The first kappa shape index (κ1) is 25.0. The molecule has 0 unspecified atom stereocenters. The summed E-state index contributed by atoms with van der Waals surface area (Å²) >= 11 is 0. The molecular weight excluding hydrogens is 456 g/mol. The van der Waals surface area contributed by atoms with Crippen LogP contribution in [0, 0.1) is 27.7 Å². The summed E-state index contributed by atoms with van der Waals surface area (Å²) in [4.78, 5) is 25.8. The molecule has 0 fully saturated rings. The highest BCUT2D eigenvalue weighted by molar-refractivity contribution is 7.91. The van der Waals surface area contributed by atoms with Gasteiger partial charge in [0.05, 0.1) is 19.1 Å². The molecule has 0 saturated heterocycles. The van der Waals surface area contributed by atoms with Crippen LogP contribution in [0.4, 0.5) is 5.69 Å². The summed E-state index contributed by atoms with van der Waals surface area (Å²) in [6, 6.07) is 11.2. The predicted octanol–water partition coefficient (Wildman–Crippen LogP) is 3.57. The molecule has 8 nitrogen and oxygen atoms in total. The van der Waals surface area contributed by atoms with Gasteiger partial charge in [-0.3, -0.25) is 9.59 Å². The van der Waals surface area contributed by atoms with Crippen molar-refractivity contribution in [2.75, 3.05) is 19.5 Å². The topological polar surface area (TPSA) is 104 Å². The van der Waals surface area contributed by atoms with Crippen LogP contribution in [-0.4, -0.2) is 33.1 Å². The summed E-state index contributed by atoms with van der Waals surface area (Å²) in [5.74, 6) is 0.453. The Kier molecular flexibility index (Phi) is 7.16. The highest BCUT2D eigenvalue weighted by Gasteiger charge is 2.26. The van der Waals surface area contributed by atoms with Gasteiger partial charge in [0.2, 0.25) is 15.7 Å². The van der Waals surface area contributed by atoms with Crippen molar-refractivity contribution in [2.24, 2.45) is 0 Å². The fourth-order valence-electron chi connectivity index (χ4n) is 3.69. The van der Waals surface area contributed by atoms with Crippen LogP contribution < -0.4 is 20.3 Å². The second-order valence-electron chi connectivity index (χ2n) is 8.06. The molecule has 0 radical (unpaired) electrons. The molecule has 1 heterocycles. The molecule has 34 heavy (non-hydrogen) atoms. The van der Waals surface area contributed by atoms with Crippen molar-refractivity contribution < 1.29 is 22.7 Å². The maximum absolute atomic E-state index is 13.4. The molecule has 0 aliphatic carbocycles. The van der Waals surface area contributed by atoms with Gasteiger partial charge in [-0.05, 0) is 74.7 Å². The minimum atomic E-state index is -4.09. The fourth-order valence-corrected chi connectivity index (χ4v) is 5.33. The lowest BCUT2D eigenvalue weighted by atomic mass is 10.1. The van der Waals surface area contributed by atoms with E-state index in [9.17, 15) is 18.0 Å². The quantitative estimate of drug-likeness (QED) is 0.550. The normalized spacial score (nSPS) is 11.2. The Labute approximate surface area is 199 Å². The number of hydrogen-bond acceptors (Lipinski definition) is 6. The number of aromatic nitrogens is 1. The Morgan fingerprint density at radius 3 is 2.18 bits per heavy atom. The zero-order valence-electron chi connectivity index (χ0n) is 20.1. The average Bonchev–Trinajstić information content (AvgIpc) is 2.77. The number of benzene rings is 2. The van der Waals surface area contributed by atoms with Crippen molar-refractivity contribution in [1.29, 1.82) is 0 Å². The number of rotatable bonds is 7. The largest absolute Gasteiger partial charge is 0.493 e. The fraction of sp³-hybridized carbons (Fsp3) is 0.280. The first-order chi connectivity index (χ1) is 16.0. The second kappa shape index (κ2) is 9.72. The molecule has 180 valence electrons. The lowest BCUT2D eigenvalue weighted by molar-refractivity contribution is -0.116. The van der Waals surface area contributed by atoms with Gasteiger partial charge in [0.15, 0.2) is 11.5 Å². The van der Waals surface area contributed by atoms with Gasteiger partial charge >= 0.3 is 0 Å². The van der Waals surface area contributed by atoms with E-state index >= 15 is 0 Å². The van der Waals surface area contributed by atoms with E-state index in [1.54, 1.807) is 50.2 Å². The van der Waals surface area contributed by atoms with E-state index in [0.29, 0.717) is 28.4 Å². The van der Waals surface area contributed by atoms with Crippen LogP contribution in [0.15, 0.2) is 57.1 Å². The molecule has 0 spiro atoms. The van der Waals surface area contributed by atoms with Gasteiger partial charge in [-0.2, -0.15) is 0 Å². The Balaban J connectivity index is 1.98. The summed E-state index contributed by atoms with van der Waals surface area (Å²) in [5.41, 5.74) is 2.27. The molecule has 1 N–H and O–H groups in total. The molecule has 9 heteroatoms. The van der Waals surface area contributed by atoms with Crippen LogP contribution in [0.3, 0.4) is 0 Å². The average molecular weight is 485 g/mol. The molecule has 3 aromatic rings. The second-order valence-corrected chi connectivity index (χ2v) is 9.94. The number of carbonyl (C=O) groups excluding carboxylic acids is 1. The molecule has 3 rings (SSSR count). The van der Waals surface area contributed by atoms with Crippen LogP contribution in [-0.2, 0) is 21.2 Å². The minimum Gasteiger partial charge on any atom is -0.493 e. The van der Waals surface area contributed by atoms with Gasteiger partial charge in [0.1, 0.15) is 11.4 Å².